The molecule has 0 atom stereocenters. The molecule has 0 unspecified atom stereocenters. The van der Waals surface area contributed by atoms with Crippen LogP contribution in [0, 0.1) is 5.82 Å². The van der Waals surface area contributed by atoms with Crippen LogP contribution in [0.15, 0.2) is 48.5 Å². The maximum absolute atomic E-state index is 12.8. The lowest BCUT2D eigenvalue weighted by Gasteiger charge is -2.09. The second-order valence-electron chi connectivity index (χ2n) is 5.42. The van der Waals surface area contributed by atoms with Crippen molar-refractivity contribution in [3.63, 3.8) is 0 Å². The molecule has 3 nitrogen and oxygen atoms in total. The summed E-state index contributed by atoms with van der Waals surface area (Å²) in [4.78, 5) is 11.7. The predicted octanol–water partition coefficient (Wildman–Crippen LogP) is 3.64. The topological polar surface area (TPSA) is 38.3 Å². The molecule has 0 aliphatic heterocycles. The summed E-state index contributed by atoms with van der Waals surface area (Å²) in [5.41, 5.74) is 2.07. The van der Waals surface area contributed by atoms with E-state index in [2.05, 4.69) is 19.2 Å². The van der Waals surface area contributed by atoms with Gasteiger partial charge >= 0.3 is 0 Å². The zero-order chi connectivity index (χ0) is 15.9. The molecule has 0 aliphatic rings. The second-order valence-corrected chi connectivity index (χ2v) is 5.42. The average molecular weight is 301 g/mol. The van der Waals surface area contributed by atoms with Gasteiger partial charge in [-0.3, -0.25) is 4.79 Å². The average Bonchev–Trinajstić information content (AvgIpc) is 2.52. The Kier molecular flexibility index (Phi) is 5.53. The SMILES string of the molecule is CC(C)c1ccc(OCC(=O)NCc2ccc(F)cc2)cc1. The number of rotatable bonds is 6. The van der Waals surface area contributed by atoms with Crippen LogP contribution in [0.1, 0.15) is 30.9 Å². The molecule has 0 radical (unpaired) electrons. The van der Waals surface area contributed by atoms with Crippen molar-refractivity contribution in [3.8, 4) is 5.75 Å². The summed E-state index contributed by atoms with van der Waals surface area (Å²) in [5, 5.41) is 2.73. The van der Waals surface area contributed by atoms with Crippen LogP contribution in [0.3, 0.4) is 0 Å². The van der Waals surface area contributed by atoms with Gasteiger partial charge in [0, 0.05) is 6.54 Å². The van der Waals surface area contributed by atoms with Crippen LogP contribution in [0.25, 0.3) is 0 Å². The van der Waals surface area contributed by atoms with E-state index in [4.69, 9.17) is 4.74 Å². The minimum Gasteiger partial charge on any atom is -0.484 e. The Morgan fingerprint density at radius 3 is 2.32 bits per heavy atom. The third-order valence-corrected chi connectivity index (χ3v) is 3.32. The molecule has 4 heteroatoms. The molecule has 1 N–H and O–H groups in total. The second kappa shape index (κ2) is 7.59. The fraction of sp³-hybridized carbons (Fsp3) is 0.278. The molecular formula is C18H20FNO2. The minimum absolute atomic E-state index is 0.0395. The first kappa shape index (κ1) is 16.0. The van der Waals surface area contributed by atoms with Gasteiger partial charge in [0.15, 0.2) is 6.61 Å². The molecule has 0 aliphatic carbocycles. The number of hydrogen-bond acceptors (Lipinski definition) is 2. The molecule has 0 aromatic heterocycles. The molecule has 2 rings (SSSR count). The Morgan fingerprint density at radius 1 is 1.09 bits per heavy atom. The van der Waals surface area contributed by atoms with Gasteiger partial charge in [-0.05, 0) is 41.3 Å². The van der Waals surface area contributed by atoms with Crippen molar-refractivity contribution in [2.75, 3.05) is 6.61 Å². The van der Waals surface area contributed by atoms with Gasteiger partial charge < -0.3 is 10.1 Å². The number of amides is 1. The van der Waals surface area contributed by atoms with E-state index in [9.17, 15) is 9.18 Å². The number of carbonyl (C=O) groups is 1. The Bertz CT molecular complexity index is 606. The first-order chi connectivity index (χ1) is 10.5. The summed E-state index contributed by atoms with van der Waals surface area (Å²) < 4.78 is 18.2. The lowest BCUT2D eigenvalue weighted by Crippen LogP contribution is -2.28. The number of benzene rings is 2. The van der Waals surface area contributed by atoms with Crippen molar-refractivity contribution in [1.82, 2.24) is 5.32 Å². The number of halogens is 1. The van der Waals surface area contributed by atoms with Crippen LogP contribution in [0.5, 0.6) is 5.75 Å². The monoisotopic (exact) mass is 301 g/mol. The number of hydrogen-bond donors (Lipinski definition) is 1. The van der Waals surface area contributed by atoms with E-state index < -0.39 is 0 Å². The van der Waals surface area contributed by atoms with E-state index in [0.29, 0.717) is 18.2 Å². The van der Waals surface area contributed by atoms with Gasteiger partial charge in [-0.25, -0.2) is 4.39 Å². The largest absolute Gasteiger partial charge is 0.484 e. The highest BCUT2D eigenvalue weighted by Gasteiger charge is 2.04. The van der Waals surface area contributed by atoms with Crippen molar-refractivity contribution in [2.45, 2.75) is 26.3 Å². The molecule has 0 saturated carbocycles. The summed E-state index contributed by atoms with van der Waals surface area (Å²) in [6.07, 6.45) is 0. The molecule has 0 saturated heterocycles. The number of ether oxygens (including phenoxy) is 1. The van der Waals surface area contributed by atoms with Gasteiger partial charge in [0.25, 0.3) is 5.91 Å². The van der Waals surface area contributed by atoms with E-state index in [-0.39, 0.29) is 18.3 Å². The van der Waals surface area contributed by atoms with Crippen molar-refractivity contribution in [1.29, 1.82) is 0 Å². The Hall–Kier alpha value is -2.36. The summed E-state index contributed by atoms with van der Waals surface area (Å²) >= 11 is 0. The molecule has 116 valence electrons. The van der Waals surface area contributed by atoms with Gasteiger partial charge in [-0.2, -0.15) is 0 Å². The van der Waals surface area contributed by atoms with Crippen LogP contribution < -0.4 is 10.1 Å². The third-order valence-electron chi connectivity index (χ3n) is 3.32. The molecule has 0 spiro atoms. The van der Waals surface area contributed by atoms with Gasteiger partial charge in [0.05, 0.1) is 0 Å². The summed E-state index contributed by atoms with van der Waals surface area (Å²) in [7, 11) is 0. The first-order valence-electron chi connectivity index (χ1n) is 7.28. The van der Waals surface area contributed by atoms with Crippen molar-refractivity contribution in [2.24, 2.45) is 0 Å². The van der Waals surface area contributed by atoms with E-state index in [0.717, 1.165) is 5.56 Å². The first-order valence-corrected chi connectivity index (χ1v) is 7.28. The molecule has 2 aromatic rings. The van der Waals surface area contributed by atoms with E-state index in [1.165, 1.54) is 17.7 Å². The van der Waals surface area contributed by atoms with E-state index in [1.807, 2.05) is 24.3 Å². The number of nitrogens with one attached hydrogen (secondary N) is 1. The maximum Gasteiger partial charge on any atom is 0.258 e. The van der Waals surface area contributed by atoms with Crippen molar-refractivity contribution in [3.05, 3.63) is 65.5 Å². The summed E-state index contributed by atoms with van der Waals surface area (Å²) in [5.74, 6) is 0.634. The fourth-order valence-electron chi connectivity index (χ4n) is 1.95. The predicted molar refractivity (Wildman–Crippen MR) is 84.3 cm³/mol. The van der Waals surface area contributed by atoms with Crippen LogP contribution in [0.2, 0.25) is 0 Å². The lowest BCUT2D eigenvalue weighted by atomic mass is 10.0. The Labute approximate surface area is 130 Å². The van der Waals surface area contributed by atoms with Crippen LogP contribution in [0.4, 0.5) is 4.39 Å². The molecule has 0 bridgehead atoms. The summed E-state index contributed by atoms with van der Waals surface area (Å²) in [6, 6.07) is 13.7. The highest BCUT2D eigenvalue weighted by Crippen LogP contribution is 2.18. The number of carbonyl (C=O) groups excluding carboxylic acids is 1. The molecule has 22 heavy (non-hydrogen) atoms. The van der Waals surface area contributed by atoms with Crippen LogP contribution in [-0.4, -0.2) is 12.5 Å². The normalized spacial score (nSPS) is 10.5. The molecular weight excluding hydrogens is 281 g/mol. The molecule has 0 heterocycles. The molecule has 0 fully saturated rings. The Morgan fingerprint density at radius 2 is 1.73 bits per heavy atom. The zero-order valence-corrected chi connectivity index (χ0v) is 12.8. The quantitative estimate of drug-likeness (QED) is 0.884. The van der Waals surface area contributed by atoms with Crippen molar-refractivity contribution >= 4 is 5.91 Å². The van der Waals surface area contributed by atoms with Crippen LogP contribution in [-0.2, 0) is 11.3 Å². The highest BCUT2D eigenvalue weighted by atomic mass is 19.1. The summed E-state index contributed by atoms with van der Waals surface area (Å²) in [6.45, 7) is 4.56. The zero-order valence-electron chi connectivity index (χ0n) is 12.8. The van der Waals surface area contributed by atoms with Gasteiger partial charge in [0.2, 0.25) is 0 Å². The fourth-order valence-corrected chi connectivity index (χ4v) is 1.95. The van der Waals surface area contributed by atoms with Gasteiger partial charge in [-0.15, -0.1) is 0 Å². The van der Waals surface area contributed by atoms with E-state index >= 15 is 0 Å². The van der Waals surface area contributed by atoms with Crippen molar-refractivity contribution < 1.29 is 13.9 Å². The van der Waals surface area contributed by atoms with Gasteiger partial charge in [0.1, 0.15) is 11.6 Å². The molecule has 2 aromatic carbocycles. The Balaban J connectivity index is 1.76. The molecule has 1 amide bonds. The smallest absolute Gasteiger partial charge is 0.258 e. The maximum atomic E-state index is 12.8. The standard InChI is InChI=1S/C18H20FNO2/c1-13(2)15-5-9-17(10-6-15)22-12-18(21)20-11-14-3-7-16(19)8-4-14/h3-10,13H,11-12H2,1-2H3,(H,20,21). The van der Waals surface area contributed by atoms with E-state index in [1.54, 1.807) is 12.1 Å². The van der Waals surface area contributed by atoms with Crippen LogP contribution >= 0.6 is 0 Å². The lowest BCUT2D eigenvalue weighted by molar-refractivity contribution is -0.123. The van der Waals surface area contributed by atoms with Gasteiger partial charge in [-0.1, -0.05) is 38.1 Å². The minimum atomic E-state index is -0.289. The highest BCUT2D eigenvalue weighted by molar-refractivity contribution is 5.77. The third kappa shape index (κ3) is 4.88.